The second-order valence-corrected chi connectivity index (χ2v) is 5.58. The van der Waals surface area contributed by atoms with Gasteiger partial charge in [-0.3, -0.25) is 10.1 Å². The van der Waals surface area contributed by atoms with Crippen LogP contribution in [0, 0.1) is 10.1 Å². The average Bonchev–Trinajstić information content (AvgIpc) is 2.60. The van der Waals surface area contributed by atoms with Crippen LogP contribution in [0.1, 0.15) is 19.4 Å². The van der Waals surface area contributed by atoms with Gasteiger partial charge in [0.2, 0.25) is 0 Å². The lowest BCUT2D eigenvalue weighted by molar-refractivity contribution is -0.384. The standard InChI is InChI=1S/C19H19NO6/c1-13(2)25-17-10-4-14(12-18(17)24-3)5-11-19(21)26-16-8-6-15(7-9-16)20(22)23/h4-13H,1-3H3/b11-5+. The van der Waals surface area contributed by atoms with Gasteiger partial charge in [-0.1, -0.05) is 6.07 Å². The summed E-state index contributed by atoms with van der Waals surface area (Å²) in [6, 6.07) is 10.6. The molecule has 0 aliphatic carbocycles. The lowest BCUT2D eigenvalue weighted by Crippen LogP contribution is -2.06. The predicted molar refractivity (Wildman–Crippen MR) is 96.5 cm³/mol. The Kier molecular flexibility index (Phi) is 6.32. The molecular formula is C19H19NO6. The molecule has 0 atom stereocenters. The van der Waals surface area contributed by atoms with Gasteiger partial charge in [-0.25, -0.2) is 4.79 Å². The molecule has 0 aromatic heterocycles. The highest BCUT2D eigenvalue weighted by atomic mass is 16.6. The molecule has 0 unspecified atom stereocenters. The number of esters is 1. The Bertz CT molecular complexity index is 811. The van der Waals surface area contributed by atoms with Crippen LogP contribution in [-0.2, 0) is 4.79 Å². The summed E-state index contributed by atoms with van der Waals surface area (Å²) in [5, 5.41) is 10.6. The molecule has 0 radical (unpaired) electrons. The minimum atomic E-state index is -0.597. The molecule has 26 heavy (non-hydrogen) atoms. The van der Waals surface area contributed by atoms with E-state index in [1.54, 1.807) is 31.4 Å². The molecule has 0 saturated heterocycles. The van der Waals surface area contributed by atoms with Crippen molar-refractivity contribution < 1.29 is 23.9 Å². The van der Waals surface area contributed by atoms with Gasteiger partial charge in [0.1, 0.15) is 5.75 Å². The van der Waals surface area contributed by atoms with Crippen molar-refractivity contribution in [3.8, 4) is 17.2 Å². The van der Waals surface area contributed by atoms with Crippen molar-refractivity contribution >= 4 is 17.7 Å². The van der Waals surface area contributed by atoms with Crippen LogP contribution in [-0.4, -0.2) is 24.1 Å². The number of rotatable bonds is 7. The van der Waals surface area contributed by atoms with Gasteiger partial charge in [-0.05, 0) is 49.8 Å². The van der Waals surface area contributed by atoms with Gasteiger partial charge in [0, 0.05) is 18.2 Å². The molecule has 0 N–H and O–H groups in total. The number of hydrogen-bond donors (Lipinski definition) is 0. The Hall–Kier alpha value is -3.35. The van der Waals surface area contributed by atoms with Crippen molar-refractivity contribution in [1.29, 1.82) is 0 Å². The second-order valence-electron chi connectivity index (χ2n) is 5.58. The summed E-state index contributed by atoms with van der Waals surface area (Å²) in [5.41, 5.74) is 0.662. The molecule has 0 saturated carbocycles. The highest BCUT2D eigenvalue weighted by Crippen LogP contribution is 2.29. The molecule has 136 valence electrons. The van der Waals surface area contributed by atoms with Crippen LogP contribution in [0.15, 0.2) is 48.5 Å². The molecule has 0 heterocycles. The monoisotopic (exact) mass is 357 g/mol. The van der Waals surface area contributed by atoms with Crippen molar-refractivity contribution in [1.82, 2.24) is 0 Å². The number of hydrogen-bond acceptors (Lipinski definition) is 6. The van der Waals surface area contributed by atoms with Gasteiger partial charge in [-0.2, -0.15) is 0 Å². The van der Waals surface area contributed by atoms with Crippen LogP contribution in [0.2, 0.25) is 0 Å². The van der Waals surface area contributed by atoms with E-state index in [-0.39, 0.29) is 17.5 Å². The minimum absolute atomic E-state index is 0.0157. The maximum Gasteiger partial charge on any atom is 0.336 e. The highest BCUT2D eigenvalue weighted by molar-refractivity contribution is 5.88. The zero-order chi connectivity index (χ0) is 19.1. The lowest BCUT2D eigenvalue weighted by Gasteiger charge is -2.13. The number of nitro benzene ring substituents is 1. The van der Waals surface area contributed by atoms with E-state index in [0.717, 1.165) is 5.56 Å². The van der Waals surface area contributed by atoms with Gasteiger partial charge in [0.15, 0.2) is 11.5 Å². The van der Waals surface area contributed by atoms with Crippen molar-refractivity contribution in [2.75, 3.05) is 7.11 Å². The predicted octanol–water partition coefficient (Wildman–Crippen LogP) is 4.01. The van der Waals surface area contributed by atoms with E-state index in [4.69, 9.17) is 14.2 Å². The van der Waals surface area contributed by atoms with Gasteiger partial charge >= 0.3 is 5.97 Å². The Labute approximate surface area is 151 Å². The van der Waals surface area contributed by atoms with Crippen LogP contribution in [0.3, 0.4) is 0 Å². The number of benzene rings is 2. The Morgan fingerprint density at radius 2 is 1.81 bits per heavy atom. The fraction of sp³-hybridized carbons (Fsp3) is 0.211. The molecule has 0 spiro atoms. The average molecular weight is 357 g/mol. The molecule has 0 aliphatic rings. The number of nitrogens with zero attached hydrogens (tertiary/aromatic N) is 1. The fourth-order valence-electron chi connectivity index (χ4n) is 2.09. The van der Waals surface area contributed by atoms with E-state index < -0.39 is 10.9 Å². The van der Waals surface area contributed by atoms with Crippen LogP contribution < -0.4 is 14.2 Å². The number of non-ortho nitro benzene ring substituents is 1. The maximum absolute atomic E-state index is 11.9. The molecule has 2 aromatic rings. The lowest BCUT2D eigenvalue weighted by atomic mass is 10.2. The normalized spacial score (nSPS) is 10.8. The van der Waals surface area contributed by atoms with Crippen molar-refractivity contribution in [2.45, 2.75) is 20.0 Å². The smallest absolute Gasteiger partial charge is 0.336 e. The highest BCUT2D eigenvalue weighted by Gasteiger charge is 2.08. The van der Waals surface area contributed by atoms with Crippen LogP contribution >= 0.6 is 0 Å². The molecule has 2 rings (SSSR count). The third-order valence-electron chi connectivity index (χ3n) is 3.23. The number of ether oxygens (including phenoxy) is 3. The van der Waals surface area contributed by atoms with Crippen molar-refractivity contribution in [2.24, 2.45) is 0 Å². The summed E-state index contributed by atoms with van der Waals surface area (Å²) in [7, 11) is 1.54. The first-order valence-electron chi connectivity index (χ1n) is 7.88. The first kappa shape index (κ1) is 19.0. The SMILES string of the molecule is COc1cc(/C=C/C(=O)Oc2ccc([N+](=O)[O-])cc2)ccc1OC(C)C. The Morgan fingerprint density at radius 1 is 1.12 bits per heavy atom. The zero-order valence-electron chi connectivity index (χ0n) is 14.7. The van der Waals surface area contributed by atoms with E-state index in [0.29, 0.717) is 11.5 Å². The molecular weight excluding hydrogens is 338 g/mol. The number of carbonyl (C=O) groups excluding carboxylic acids is 1. The molecule has 7 heteroatoms. The summed E-state index contributed by atoms with van der Waals surface area (Å²) < 4.78 is 16.0. The maximum atomic E-state index is 11.9. The third-order valence-corrected chi connectivity index (χ3v) is 3.23. The molecule has 0 aliphatic heterocycles. The first-order chi connectivity index (χ1) is 12.4. The number of carbonyl (C=O) groups is 1. The summed E-state index contributed by atoms with van der Waals surface area (Å²) in [4.78, 5) is 21.9. The molecule has 0 fully saturated rings. The van der Waals surface area contributed by atoms with Crippen LogP contribution in [0.25, 0.3) is 6.08 Å². The van der Waals surface area contributed by atoms with E-state index in [2.05, 4.69) is 0 Å². The number of nitro groups is 1. The zero-order valence-corrected chi connectivity index (χ0v) is 14.7. The molecule has 7 nitrogen and oxygen atoms in total. The summed E-state index contributed by atoms with van der Waals surface area (Å²) >= 11 is 0. The van der Waals surface area contributed by atoms with Gasteiger partial charge < -0.3 is 14.2 Å². The van der Waals surface area contributed by atoms with Gasteiger partial charge in [0.05, 0.1) is 18.1 Å². The summed E-state index contributed by atoms with van der Waals surface area (Å²) in [6.45, 7) is 3.84. The molecule has 0 amide bonds. The van der Waals surface area contributed by atoms with Gasteiger partial charge in [0.25, 0.3) is 5.69 Å². The number of methoxy groups -OCH3 is 1. The molecule has 0 bridgehead atoms. The van der Waals surface area contributed by atoms with E-state index >= 15 is 0 Å². The Balaban J connectivity index is 2.04. The van der Waals surface area contributed by atoms with E-state index in [1.165, 1.54) is 30.3 Å². The minimum Gasteiger partial charge on any atom is -0.493 e. The quantitative estimate of drug-likeness (QED) is 0.245. The summed E-state index contributed by atoms with van der Waals surface area (Å²) in [6.07, 6.45) is 2.86. The molecule has 2 aromatic carbocycles. The largest absolute Gasteiger partial charge is 0.493 e. The van der Waals surface area contributed by atoms with E-state index in [1.807, 2.05) is 13.8 Å². The first-order valence-corrected chi connectivity index (χ1v) is 7.88. The van der Waals surface area contributed by atoms with Crippen molar-refractivity contribution in [3.05, 3.63) is 64.2 Å². The van der Waals surface area contributed by atoms with Crippen LogP contribution in [0.4, 0.5) is 5.69 Å². The fourth-order valence-corrected chi connectivity index (χ4v) is 2.09. The Morgan fingerprint density at radius 3 is 2.38 bits per heavy atom. The second kappa shape index (κ2) is 8.66. The van der Waals surface area contributed by atoms with Crippen molar-refractivity contribution in [3.63, 3.8) is 0 Å². The van der Waals surface area contributed by atoms with E-state index in [9.17, 15) is 14.9 Å². The topological polar surface area (TPSA) is 87.9 Å². The van der Waals surface area contributed by atoms with Crippen LogP contribution in [0.5, 0.6) is 17.2 Å². The van der Waals surface area contributed by atoms with Gasteiger partial charge in [-0.15, -0.1) is 0 Å². The summed E-state index contributed by atoms with van der Waals surface area (Å²) in [5.74, 6) is 0.807. The third kappa shape index (κ3) is 5.34.